The zero-order valence-electron chi connectivity index (χ0n) is 10.00. The lowest BCUT2D eigenvalue weighted by Crippen LogP contribution is -2.11. The Morgan fingerprint density at radius 2 is 1.74 bits per heavy atom. The van der Waals surface area contributed by atoms with Crippen molar-refractivity contribution < 1.29 is 8.42 Å². The van der Waals surface area contributed by atoms with Crippen LogP contribution in [-0.2, 0) is 10.0 Å². The Labute approximate surface area is 110 Å². The average molecular weight is 272 g/mol. The topological polar surface area (TPSA) is 76.0 Å². The maximum Gasteiger partial charge on any atom is 0.238 e. The smallest absolute Gasteiger partial charge is 0.238 e. The van der Waals surface area contributed by atoms with Crippen LogP contribution in [0.3, 0.4) is 0 Å². The van der Waals surface area contributed by atoms with E-state index in [2.05, 4.69) is 4.98 Å². The normalized spacial score (nSPS) is 11.8. The lowest BCUT2D eigenvalue weighted by atomic mass is 10.0. The maximum atomic E-state index is 11.4. The number of sulfonamides is 1. The molecule has 0 unspecified atom stereocenters. The molecular weight excluding hydrogens is 260 g/mol. The van der Waals surface area contributed by atoms with Crippen molar-refractivity contribution in [3.05, 3.63) is 54.7 Å². The number of nitrogens with one attached hydrogen (secondary N) is 1. The predicted octanol–water partition coefficient (Wildman–Crippen LogP) is 2.48. The Morgan fingerprint density at radius 1 is 0.947 bits per heavy atom. The van der Waals surface area contributed by atoms with E-state index in [-0.39, 0.29) is 4.90 Å². The number of rotatable bonds is 2. The van der Waals surface area contributed by atoms with Crippen molar-refractivity contribution in [1.82, 2.24) is 4.98 Å². The Hall–Kier alpha value is -2.11. The fraction of sp³-hybridized carbons (Fsp3) is 0. The van der Waals surface area contributed by atoms with Gasteiger partial charge >= 0.3 is 0 Å². The van der Waals surface area contributed by atoms with Gasteiger partial charge in [0.05, 0.1) is 4.90 Å². The molecule has 0 fully saturated rings. The quantitative estimate of drug-likeness (QED) is 0.752. The summed E-state index contributed by atoms with van der Waals surface area (Å²) in [5.41, 5.74) is 2.83. The van der Waals surface area contributed by atoms with Crippen LogP contribution in [0.15, 0.2) is 59.6 Å². The molecule has 1 heterocycles. The van der Waals surface area contributed by atoms with E-state index in [1.54, 1.807) is 12.1 Å². The fourth-order valence-corrected chi connectivity index (χ4v) is 2.64. The molecule has 0 spiro atoms. The highest BCUT2D eigenvalue weighted by Crippen LogP contribution is 2.25. The van der Waals surface area contributed by atoms with Gasteiger partial charge in [0.2, 0.25) is 10.0 Å². The molecule has 0 aliphatic rings. The van der Waals surface area contributed by atoms with Crippen molar-refractivity contribution in [2.45, 2.75) is 4.90 Å². The number of primary sulfonamides is 1. The van der Waals surface area contributed by atoms with E-state index >= 15 is 0 Å². The first-order chi connectivity index (χ1) is 9.04. The number of nitrogens with two attached hydrogens (primary N) is 1. The zero-order chi connectivity index (χ0) is 13.5. The Kier molecular flexibility index (Phi) is 2.66. The van der Waals surface area contributed by atoms with E-state index in [9.17, 15) is 8.42 Å². The first kappa shape index (κ1) is 12.0. The molecule has 3 aromatic rings. The Morgan fingerprint density at radius 3 is 2.53 bits per heavy atom. The minimum Gasteiger partial charge on any atom is -0.361 e. The molecular formula is C14H12N2O2S. The van der Waals surface area contributed by atoms with Crippen molar-refractivity contribution >= 4 is 20.9 Å². The Balaban J connectivity index is 2.15. The van der Waals surface area contributed by atoms with Crippen LogP contribution in [0.1, 0.15) is 0 Å². The summed E-state index contributed by atoms with van der Waals surface area (Å²) in [6.45, 7) is 0. The van der Waals surface area contributed by atoms with Gasteiger partial charge in [-0.1, -0.05) is 18.2 Å². The molecule has 0 bridgehead atoms. The molecule has 3 N–H and O–H groups in total. The Bertz CT molecular complexity index is 851. The van der Waals surface area contributed by atoms with Gasteiger partial charge in [-0.3, -0.25) is 0 Å². The van der Waals surface area contributed by atoms with Crippen LogP contribution in [-0.4, -0.2) is 13.4 Å². The van der Waals surface area contributed by atoms with E-state index in [4.69, 9.17) is 5.14 Å². The lowest BCUT2D eigenvalue weighted by molar-refractivity contribution is 0.598. The molecule has 96 valence electrons. The second-order valence-corrected chi connectivity index (χ2v) is 5.91. The number of hydrogen-bond donors (Lipinski definition) is 2. The second-order valence-electron chi connectivity index (χ2n) is 4.35. The SMILES string of the molecule is NS(=O)(=O)c1cccc(-c2ccc3[nH]ccc3c2)c1. The summed E-state index contributed by atoms with van der Waals surface area (Å²) in [6, 6.07) is 14.5. The molecule has 19 heavy (non-hydrogen) atoms. The van der Waals surface area contributed by atoms with Gasteiger partial charge in [0.25, 0.3) is 0 Å². The molecule has 3 rings (SSSR count). The number of fused-ring (bicyclic) bond motifs is 1. The highest BCUT2D eigenvalue weighted by Gasteiger charge is 2.09. The van der Waals surface area contributed by atoms with Crippen LogP contribution >= 0.6 is 0 Å². The number of benzene rings is 2. The van der Waals surface area contributed by atoms with Crippen molar-refractivity contribution in [1.29, 1.82) is 0 Å². The third-order valence-corrected chi connectivity index (χ3v) is 3.96. The van der Waals surface area contributed by atoms with Gasteiger partial charge in [-0.2, -0.15) is 0 Å². The summed E-state index contributed by atoms with van der Waals surface area (Å²) < 4.78 is 22.7. The van der Waals surface area contributed by atoms with Gasteiger partial charge in [0.15, 0.2) is 0 Å². The molecule has 1 aromatic heterocycles. The molecule has 0 saturated carbocycles. The summed E-state index contributed by atoms with van der Waals surface area (Å²) in [6.07, 6.45) is 1.87. The van der Waals surface area contributed by atoms with Crippen LogP contribution in [0.4, 0.5) is 0 Å². The summed E-state index contributed by atoms with van der Waals surface area (Å²) in [5, 5.41) is 6.23. The molecule has 0 aliphatic carbocycles. The number of aromatic nitrogens is 1. The van der Waals surface area contributed by atoms with E-state index in [0.29, 0.717) is 0 Å². The largest absolute Gasteiger partial charge is 0.361 e. The first-order valence-corrected chi connectivity index (χ1v) is 7.29. The lowest BCUT2D eigenvalue weighted by Gasteiger charge is -2.04. The van der Waals surface area contributed by atoms with Crippen molar-refractivity contribution in [2.75, 3.05) is 0 Å². The van der Waals surface area contributed by atoms with Crippen molar-refractivity contribution in [3.8, 4) is 11.1 Å². The van der Waals surface area contributed by atoms with Gasteiger partial charge < -0.3 is 4.98 Å². The van der Waals surface area contributed by atoms with Gasteiger partial charge in [-0.05, 0) is 46.8 Å². The summed E-state index contributed by atoms with van der Waals surface area (Å²) >= 11 is 0. The second kappa shape index (κ2) is 4.22. The first-order valence-electron chi connectivity index (χ1n) is 5.74. The molecule has 0 aliphatic heterocycles. The monoisotopic (exact) mass is 272 g/mol. The summed E-state index contributed by atoms with van der Waals surface area (Å²) in [5.74, 6) is 0. The molecule has 0 radical (unpaired) electrons. The summed E-state index contributed by atoms with van der Waals surface area (Å²) in [7, 11) is -3.67. The zero-order valence-corrected chi connectivity index (χ0v) is 10.8. The standard InChI is InChI=1S/C14H12N2O2S/c15-19(17,18)13-3-1-2-10(9-13)11-4-5-14-12(8-11)6-7-16-14/h1-9,16H,(H2,15,17,18). The van der Waals surface area contributed by atoms with Gasteiger partial charge in [-0.25, -0.2) is 13.6 Å². The number of hydrogen-bond acceptors (Lipinski definition) is 2. The molecule has 0 saturated heterocycles. The van der Waals surface area contributed by atoms with E-state index < -0.39 is 10.0 Å². The molecule has 4 nitrogen and oxygen atoms in total. The van der Waals surface area contributed by atoms with Crippen LogP contribution in [0.2, 0.25) is 0 Å². The van der Waals surface area contributed by atoms with E-state index in [1.807, 2.05) is 36.5 Å². The number of H-pyrrole nitrogens is 1. The third-order valence-electron chi connectivity index (χ3n) is 3.05. The van der Waals surface area contributed by atoms with Gasteiger partial charge in [0.1, 0.15) is 0 Å². The highest BCUT2D eigenvalue weighted by atomic mass is 32.2. The van der Waals surface area contributed by atoms with E-state index in [0.717, 1.165) is 22.0 Å². The fourth-order valence-electron chi connectivity index (χ4n) is 2.09. The molecule has 0 amide bonds. The van der Waals surface area contributed by atoms with Crippen LogP contribution in [0.5, 0.6) is 0 Å². The highest BCUT2D eigenvalue weighted by molar-refractivity contribution is 7.89. The minimum atomic E-state index is -3.67. The van der Waals surface area contributed by atoms with Crippen molar-refractivity contribution in [2.24, 2.45) is 5.14 Å². The summed E-state index contributed by atoms with van der Waals surface area (Å²) in [4.78, 5) is 3.24. The van der Waals surface area contributed by atoms with Crippen molar-refractivity contribution in [3.63, 3.8) is 0 Å². The average Bonchev–Trinajstić information content (AvgIpc) is 2.85. The van der Waals surface area contributed by atoms with Gasteiger partial charge in [-0.15, -0.1) is 0 Å². The minimum absolute atomic E-state index is 0.124. The van der Waals surface area contributed by atoms with Crippen LogP contribution in [0, 0.1) is 0 Å². The molecule has 2 aromatic carbocycles. The predicted molar refractivity (Wildman–Crippen MR) is 75.1 cm³/mol. The number of aromatic amines is 1. The van der Waals surface area contributed by atoms with Gasteiger partial charge in [0, 0.05) is 11.7 Å². The third kappa shape index (κ3) is 2.25. The molecule has 0 atom stereocenters. The maximum absolute atomic E-state index is 11.4. The van der Waals surface area contributed by atoms with Crippen LogP contribution < -0.4 is 5.14 Å². The molecule has 5 heteroatoms. The van der Waals surface area contributed by atoms with E-state index in [1.165, 1.54) is 6.07 Å². The van der Waals surface area contributed by atoms with Crippen LogP contribution in [0.25, 0.3) is 22.0 Å².